The number of carbonyl (C=O) groups excluding carboxylic acids is 1. The lowest BCUT2D eigenvalue weighted by atomic mass is 10.1. The van der Waals surface area contributed by atoms with E-state index in [2.05, 4.69) is 17.2 Å². The second-order valence-corrected chi connectivity index (χ2v) is 8.49. The van der Waals surface area contributed by atoms with Crippen LogP contribution in [0.4, 0.5) is 18.3 Å². The Kier molecular flexibility index (Phi) is 8.44. The molecule has 0 bridgehead atoms. The number of thiazole rings is 1. The fraction of sp³-hybridized carbons (Fsp3) is 0.240. The zero-order valence-electron chi connectivity index (χ0n) is 18.4. The number of ether oxygens (including phenoxy) is 1. The largest absolute Gasteiger partial charge is 0.493 e. The SMILES string of the molecule is CCCCOc1ccccc1/C=C(\C#N)C(=O)Nc1ncc(Cc2cccc(C(F)(F)F)c2)s1. The molecule has 0 radical (unpaired) electrons. The minimum Gasteiger partial charge on any atom is -0.493 e. The summed E-state index contributed by atoms with van der Waals surface area (Å²) in [6.45, 7) is 2.58. The van der Waals surface area contributed by atoms with E-state index < -0.39 is 17.6 Å². The number of amides is 1. The predicted molar refractivity (Wildman–Crippen MR) is 125 cm³/mol. The number of carbonyl (C=O) groups is 1. The smallest absolute Gasteiger partial charge is 0.416 e. The van der Waals surface area contributed by atoms with E-state index in [1.165, 1.54) is 18.3 Å². The number of nitriles is 1. The Labute approximate surface area is 199 Å². The first-order chi connectivity index (χ1) is 16.3. The quantitative estimate of drug-likeness (QED) is 0.214. The summed E-state index contributed by atoms with van der Waals surface area (Å²) in [4.78, 5) is 17.4. The van der Waals surface area contributed by atoms with E-state index in [1.54, 1.807) is 24.3 Å². The van der Waals surface area contributed by atoms with E-state index in [9.17, 15) is 23.2 Å². The van der Waals surface area contributed by atoms with Crippen LogP contribution in [0.25, 0.3) is 6.08 Å². The highest BCUT2D eigenvalue weighted by atomic mass is 32.1. The first kappa shape index (κ1) is 25.0. The van der Waals surface area contributed by atoms with Gasteiger partial charge in [-0.2, -0.15) is 18.4 Å². The first-order valence-corrected chi connectivity index (χ1v) is 11.4. The van der Waals surface area contributed by atoms with Crippen LogP contribution < -0.4 is 10.1 Å². The van der Waals surface area contributed by atoms with Gasteiger partial charge >= 0.3 is 6.18 Å². The lowest BCUT2D eigenvalue weighted by Crippen LogP contribution is -2.13. The highest BCUT2D eigenvalue weighted by Crippen LogP contribution is 2.31. The van der Waals surface area contributed by atoms with E-state index in [4.69, 9.17) is 4.74 Å². The van der Waals surface area contributed by atoms with Crippen LogP contribution >= 0.6 is 11.3 Å². The Morgan fingerprint density at radius 2 is 2.03 bits per heavy atom. The molecule has 1 amide bonds. The van der Waals surface area contributed by atoms with Crippen molar-refractivity contribution in [2.45, 2.75) is 32.4 Å². The van der Waals surface area contributed by atoms with Gasteiger partial charge in [0.25, 0.3) is 5.91 Å². The molecule has 0 unspecified atom stereocenters. The highest BCUT2D eigenvalue weighted by Gasteiger charge is 2.30. The van der Waals surface area contributed by atoms with Crippen LogP contribution in [-0.4, -0.2) is 17.5 Å². The molecule has 3 aromatic rings. The number of hydrogen-bond acceptors (Lipinski definition) is 5. The number of alkyl halides is 3. The van der Waals surface area contributed by atoms with Gasteiger partial charge in [-0.15, -0.1) is 11.3 Å². The molecule has 0 saturated carbocycles. The molecule has 0 aliphatic rings. The molecule has 2 aromatic carbocycles. The Morgan fingerprint density at radius 1 is 1.24 bits per heavy atom. The van der Waals surface area contributed by atoms with Crippen LogP contribution in [0.3, 0.4) is 0 Å². The third-order valence-electron chi connectivity index (χ3n) is 4.75. The molecule has 3 rings (SSSR count). The minimum atomic E-state index is -4.41. The topological polar surface area (TPSA) is 75.0 Å². The van der Waals surface area contributed by atoms with Gasteiger partial charge in [-0.05, 0) is 30.2 Å². The Balaban J connectivity index is 1.70. The van der Waals surface area contributed by atoms with Crippen molar-refractivity contribution in [3.63, 3.8) is 0 Å². The van der Waals surface area contributed by atoms with Gasteiger partial charge in [0.05, 0.1) is 12.2 Å². The maximum absolute atomic E-state index is 12.9. The minimum absolute atomic E-state index is 0.124. The zero-order valence-corrected chi connectivity index (χ0v) is 19.2. The summed E-state index contributed by atoms with van der Waals surface area (Å²) in [5.41, 5.74) is 0.246. The van der Waals surface area contributed by atoms with Crippen molar-refractivity contribution in [1.82, 2.24) is 4.98 Å². The summed E-state index contributed by atoms with van der Waals surface area (Å²) in [6, 6.07) is 14.1. The number of aromatic nitrogens is 1. The number of benzene rings is 2. The zero-order chi connectivity index (χ0) is 24.6. The molecule has 1 heterocycles. The molecule has 34 heavy (non-hydrogen) atoms. The number of rotatable bonds is 9. The molecule has 5 nitrogen and oxygen atoms in total. The summed E-state index contributed by atoms with van der Waals surface area (Å²) in [5.74, 6) is -0.0556. The molecule has 9 heteroatoms. The summed E-state index contributed by atoms with van der Waals surface area (Å²) in [6.07, 6.45) is 0.633. The van der Waals surface area contributed by atoms with Crippen molar-refractivity contribution in [2.75, 3.05) is 11.9 Å². The lowest BCUT2D eigenvalue weighted by Gasteiger charge is -2.09. The number of nitrogens with zero attached hydrogens (tertiary/aromatic N) is 2. The average molecular weight is 486 g/mol. The molecule has 0 fully saturated rings. The fourth-order valence-electron chi connectivity index (χ4n) is 3.03. The predicted octanol–water partition coefficient (Wildman–Crippen LogP) is 6.48. The number of hydrogen-bond donors (Lipinski definition) is 1. The van der Waals surface area contributed by atoms with Crippen LogP contribution in [-0.2, 0) is 17.4 Å². The summed E-state index contributed by atoms with van der Waals surface area (Å²) in [7, 11) is 0. The monoisotopic (exact) mass is 485 g/mol. The summed E-state index contributed by atoms with van der Waals surface area (Å²) < 4.78 is 44.5. The maximum Gasteiger partial charge on any atom is 0.416 e. The molecular formula is C25H22F3N3O2S. The lowest BCUT2D eigenvalue weighted by molar-refractivity contribution is -0.137. The third-order valence-corrected chi connectivity index (χ3v) is 5.66. The van der Waals surface area contributed by atoms with Gasteiger partial charge in [0.15, 0.2) is 5.13 Å². The molecule has 1 aromatic heterocycles. The van der Waals surface area contributed by atoms with E-state index in [-0.39, 0.29) is 17.1 Å². The summed E-state index contributed by atoms with van der Waals surface area (Å²) >= 11 is 1.13. The van der Waals surface area contributed by atoms with Crippen molar-refractivity contribution in [2.24, 2.45) is 0 Å². The molecule has 1 N–H and O–H groups in total. The molecule has 0 saturated heterocycles. The van der Waals surface area contributed by atoms with Gasteiger partial charge in [0, 0.05) is 23.1 Å². The Hall–Kier alpha value is -3.64. The number of unbranched alkanes of at least 4 members (excludes halogenated alkanes) is 1. The van der Waals surface area contributed by atoms with Gasteiger partial charge in [-0.3, -0.25) is 10.1 Å². The van der Waals surface area contributed by atoms with Crippen molar-refractivity contribution in [1.29, 1.82) is 5.26 Å². The Bertz CT molecular complexity index is 1210. The molecule has 0 spiro atoms. The standard InChI is InChI=1S/C25H22F3N3O2S/c1-2-3-11-33-22-10-5-4-8-18(22)14-19(15-29)23(32)31-24-30-16-21(34-24)13-17-7-6-9-20(12-17)25(26,27)28/h4-10,12,14,16H,2-3,11,13H2,1H3,(H,30,31,32)/b19-14+. The van der Waals surface area contributed by atoms with Crippen LogP contribution in [0.15, 0.2) is 60.3 Å². The third kappa shape index (κ3) is 6.93. The average Bonchev–Trinajstić information content (AvgIpc) is 3.24. The number of nitrogens with one attached hydrogen (secondary N) is 1. The van der Waals surface area contributed by atoms with Gasteiger partial charge in [-0.25, -0.2) is 4.98 Å². The van der Waals surface area contributed by atoms with E-state index in [0.29, 0.717) is 28.4 Å². The van der Waals surface area contributed by atoms with E-state index in [1.807, 2.05) is 12.1 Å². The molecule has 0 atom stereocenters. The van der Waals surface area contributed by atoms with Crippen LogP contribution in [0.5, 0.6) is 5.75 Å². The van der Waals surface area contributed by atoms with Crippen LogP contribution in [0.2, 0.25) is 0 Å². The van der Waals surface area contributed by atoms with Crippen molar-refractivity contribution in [3.8, 4) is 11.8 Å². The number of anilines is 1. The van der Waals surface area contributed by atoms with Crippen molar-refractivity contribution >= 4 is 28.5 Å². The van der Waals surface area contributed by atoms with E-state index in [0.717, 1.165) is 36.3 Å². The van der Waals surface area contributed by atoms with E-state index >= 15 is 0 Å². The van der Waals surface area contributed by atoms with Gasteiger partial charge in [-0.1, -0.05) is 49.7 Å². The van der Waals surface area contributed by atoms with Gasteiger partial charge in [0.2, 0.25) is 0 Å². The van der Waals surface area contributed by atoms with Crippen molar-refractivity contribution < 1.29 is 22.7 Å². The van der Waals surface area contributed by atoms with Crippen molar-refractivity contribution in [3.05, 3.63) is 81.9 Å². The maximum atomic E-state index is 12.9. The molecule has 0 aliphatic carbocycles. The highest BCUT2D eigenvalue weighted by molar-refractivity contribution is 7.15. The Morgan fingerprint density at radius 3 is 2.76 bits per heavy atom. The molecule has 0 aliphatic heterocycles. The summed E-state index contributed by atoms with van der Waals surface area (Å²) in [5, 5.41) is 12.3. The van der Waals surface area contributed by atoms with Crippen LogP contribution in [0, 0.1) is 11.3 Å². The number of para-hydroxylation sites is 1. The first-order valence-electron chi connectivity index (χ1n) is 10.6. The second-order valence-electron chi connectivity index (χ2n) is 7.37. The van der Waals surface area contributed by atoms with Gasteiger partial charge < -0.3 is 4.74 Å². The molecular weight excluding hydrogens is 463 g/mol. The normalized spacial score (nSPS) is 11.7. The van der Waals surface area contributed by atoms with Crippen LogP contribution in [0.1, 0.15) is 41.3 Å². The number of halogens is 3. The second kappa shape index (κ2) is 11.5. The fourth-order valence-corrected chi connectivity index (χ4v) is 3.87. The molecule has 176 valence electrons. The van der Waals surface area contributed by atoms with Gasteiger partial charge in [0.1, 0.15) is 17.4 Å².